The zero-order valence-corrected chi connectivity index (χ0v) is 19.4. The first-order chi connectivity index (χ1) is 18.2. The first-order valence-corrected chi connectivity index (χ1v) is 10.8. The molecule has 0 aliphatic carbocycles. The summed E-state index contributed by atoms with van der Waals surface area (Å²) in [7, 11) is 0. The van der Waals surface area contributed by atoms with Gasteiger partial charge in [0.1, 0.15) is 34.8 Å². The minimum absolute atomic E-state index is 0.0633. The van der Waals surface area contributed by atoms with Gasteiger partial charge in [-0.2, -0.15) is 0 Å². The van der Waals surface area contributed by atoms with Gasteiger partial charge in [-0.05, 0) is 90.3 Å². The summed E-state index contributed by atoms with van der Waals surface area (Å²) in [4.78, 5) is 24.4. The number of esters is 2. The number of hydrogen-bond donors (Lipinski definition) is 0. The van der Waals surface area contributed by atoms with Crippen LogP contribution in [0, 0.1) is 23.3 Å². The Kier molecular flexibility index (Phi) is 9.64. The lowest BCUT2D eigenvalue weighted by Gasteiger charge is -2.09. The van der Waals surface area contributed by atoms with Crippen molar-refractivity contribution in [2.24, 2.45) is 0 Å². The molecule has 0 atom stereocenters. The van der Waals surface area contributed by atoms with Crippen LogP contribution in [0.1, 0.15) is 31.8 Å². The van der Waals surface area contributed by atoms with E-state index in [4.69, 9.17) is 9.47 Å². The summed E-state index contributed by atoms with van der Waals surface area (Å²) in [5.74, 6) is -4.46. The van der Waals surface area contributed by atoms with Crippen LogP contribution in [-0.4, -0.2) is 18.9 Å². The van der Waals surface area contributed by atoms with E-state index in [0.717, 1.165) is 36.4 Å². The molecule has 4 nitrogen and oxygen atoms in total. The van der Waals surface area contributed by atoms with Crippen LogP contribution in [-0.2, 0) is 6.42 Å². The molecule has 0 aliphatic heterocycles. The number of hydrogen-bond acceptors (Lipinski definition) is 4. The Labute approximate surface area is 213 Å². The van der Waals surface area contributed by atoms with Crippen molar-refractivity contribution in [2.75, 3.05) is 6.93 Å². The maximum absolute atomic E-state index is 14.5. The van der Waals surface area contributed by atoms with Gasteiger partial charge in [-0.3, -0.25) is 0 Å². The van der Waals surface area contributed by atoms with Crippen molar-refractivity contribution in [3.05, 3.63) is 130 Å². The molecule has 0 saturated heterocycles. The van der Waals surface area contributed by atoms with Gasteiger partial charge in [0.05, 0.1) is 11.1 Å². The van der Waals surface area contributed by atoms with Gasteiger partial charge in [0.15, 0.2) is 0 Å². The Morgan fingerprint density at radius 1 is 0.553 bits per heavy atom. The summed E-state index contributed by atoms with van der Waals surface area (Å²) < 4.78 is 84.3. The first kappa shape index (κ1) is 28.0. The van der Waals surface area contributed by atoms with Gasteiger partial charge in [0.2, 0.25) is 6.93 Å². The van der Waals surface area contributed by atoms with Crippen molar-refractivity contribution in [1.29, 1.82) is 0 Å². The molecular weight excluding hydrogens is 514 g/mol. The highest BCUT2D eigenvalue weighted by molar-refractivity contribution is 5.92. The molecule has 0 radical (unpaired) electrons. The molecule has 0 amide bonds. The van der Waals surface area contributed by atoms with Crippen molar-refractivity contribution >= 4 is 11.9 Å². The predicted octanol–water partition coefficient (Wildman–Crippen LogP) is 7.16. The molecule has 0 aliphatic rings. The summed E-state index contributed by atoms with van der Waals surface area (Å²) >= 11 is 0. The number of alkyl halides is 2. The van der Waals surface area contributed by atoms with Crippen LogP contribution in [0.15, 0.2) is 84.9 Å². The Morgan fingerprint density at radius 3 is 1.21 bits per heavy atom. The lowest BCUT2D eigenvalue weighted by molar-refractivity contribution is 0.0720. The molecule has 4 rings (SSSR count). The molecule has 4 aromatic carbocycles. The van der Waals surface area contributed by atoms with Crippen molar-refractivity contribution in [3.8, 4) is 11.5 Å². The van der Waals surface area contributed by atoms with Gasteiger partial charge in [0.25, 0.3) is 0 Å². The fourth-order valence-electron chi connectivity index (χ4n) is 3.23. The molecule has 0 saturated carbocycles. The highest BCUT2D eigenvalue weighted by Gasteiger charge is 2.17. The highest BCUT2D eigenvalue weighted by Crippen LogP contribution is 2.20. The summed E-state index contributed by atoms with van der Waals surface area (Å²) in [5.41, 5.74) is 0.259. The monoisotopic (exact) mass is 532 g/mol. The van der Waals surface area contributed by atoms with Gasteiger partial charge in [-0.1, -0.05) is 12.1 Å². The van der Waals surface area contributed by atoms with Crippen molar-refractivity contribution in [2.45, 2.75) is 6.42 Å². The molecule has 0 heterocycles. The summed E-state index contributed by atoms with van der Waals surface area (Å²) in [5, 5.41) is 0. The van der Waals surface area contributed by atoms with E-state index in [2.05, 4.69) is 0 Å². The number of carbonyl (C=O) groups excluding carboxylic acids is 2. The average molecular weight is 532 g/mol. The van der Waals surface area contributed by atoms with E-state index in [1.54, 1.807) is 0 Å². The summed E-state index contributed by atoms with van der Waals surface area (Å²) in [6.45, 7) is -1.75. The largest absolute Gasteiger partial charge is 0.423 e. The molecule has 0 aromatic heterocycles. The van der Waals surface area contributed by atoms with Crippen LogP contribution in [0.25, 0.3) is 0 Å². The zero-order valence-electron chi connectivity index (χ0n) is 19.4. The second-order valence-corrected chi connectivity index (χ2v) is 7.59. The molecule has 0 N–H and O–H groups in total. The number of carbonyl (C=O) groups is 2. The number of halogens is 6. The van der Waals surface area contributed by atoms with Gasteiger partial charge < -0.3 is 9.47 Å². The lowest BCUT2D eigenvalue weighted by atomic mass is 10.0. The van der Waals surface area contributed by atoms with Gasteiger partial charge in [-0.25, -0.2) is 35.9 Å². The average Bonchev–Trinajstić information content (AvgIpc) is 2.87. The van der Waals surface area contributed by atoms with E-state index >= 15 is 0 Å². The normalized spacial score (nSPS) is 10.3. The molecule has 196 valence electrons. The third-order valence-electron chi connectivity index (χ3n) is 4.96. The second-order valence-electron chi connectivity index (χ2n) is 7.59. The molecule has 0 spiro atoms. The standard InChI is InChI=1S/C27H16F4O4.CH2F2/c28-18-3-7-20(8-4-18)34-26(32)22-11-1-16(14-24(22)30)13-17-2-12-23(25(31)15-17)27(33)35-21-9-5-19(29)6-10-21;2-1-3/h1-12,14-15H,13H2;1H2. The van der Waals surface area contributed by atoms with Gasteiger partial charge >= 0.3 is 11.9 Å². The van der Waals surface area contributed by atoms with E-state index in [1.165, 1.54) is 48.5 Å². The topological polar surface area (TPSA) is 52.6 Å². The first-order valence-electron chi connectivity index (χ1n) is 10.8. The van der Waals surface area contributed by atoms with E-state index < -0.39 is 42.1 Å². The second kappa shape index (κ2) is 13.1. The molecule has 10 heteroatoms. The molecular formula is C28H18F6O4. The van der Waals surface area contributed by atoms with E-state index in [9.17, 15) is 35.9 Å². The minimum atomic E-state index is -1.75. The summed E-state index contributed by atoms with van der Waals surface area (Å²) in [6.07, 6.45) is 0.119. The molecule has 4 aromatic rings. The van der Waals surface area contributed by atoms with Crippen LogP contribution in [0.4, 0.5) is 26.3 Å². The zero-order chi connectivity index (χ0) is 27.7. The SMILES string of the molecule is FCF.O=C(Oc1ccc(F)cc1)c1ccc(Cc2ccc(C(=O)Oc3ccc(F)cc3)c(F)c2)cc1F. The Hall–Kier alpha value is -4.60. The maximum atomic E-state index is 14.5. The molecule has 38 heavy (non-hydrogen) atoms. The predicted molar refractivity (Wildman–Crippen MR) is 125 cm³/mol. The van der Waals surface area contributed by atoms with Crippen LogP contribution in [0.3, 0.4) is 0 Å². The Bertz CT molecular complexity index is 1300. The quantitative estimate of drug-likeness (QED) is 0.150. The number of ether oxygens (including phenoxy) is 2. The Balaban J connectivity index is 0.00000127. The summed E-state index contributed by atoms with van der Waals surface area (Å²) in [6, 6.07) is 17.1. The van der Waals surface area contributed by atoms with Crippen LogP contribution >= 0.6 is 0 Å². The van der Waals surface area contributed by atoms with Crippen molar-refractivity contribution < 1.29 is 45.4 Å². The van der Waals surface area contributed by atoms with Crippen molar-refractivity contribution in [1.82, 2.24) is 0 Å². The van der Waals surface area contributed by atoms with Gasteiger partial charge in [0, 0.05) is 0 Å². The number of benzene rings is 4. The lowest BCUT2D eigenvalue weighted by Crippen LogP contribution is -2.11. The van der Waals surface area contributed by atoms with Gasteiger partial charge in [-0.15, -0.1) is 0 Å². The van der Waals surface area contributed by atoms with Crippen molar-refractivity contribution in [3.63, 3.8) is 0 Å². The molecule has 0 bridgehead atoms. The van der Waals surface area contributed by atoms with E-state index in [0.29, 0.717) is 11.1 Å². The molecule has 0 fully saturated rings. The third kappa shape index (κ3) is 7.70. The highest BCUT2D eigenvalue weighted by atomic mass is 19.3. The van der Waals surface area contributed by atoms with E-state index in [1.807, 2.05) is 0 Å². The fourth-order valence-corrected chi connectivity index (χ4v) is 3.23. The van der Waals surface area contributed by atoms with Crippen LogP contribution in [0.5, 0.6) is 11.5 Å². The fraction of sp³-hybridized carbons (Fsp3) is 0.0714. The molecule has 0 unspecified atom stereocenters. The van der Waals surface area contributed by atoms with Crippen LogP contribution < -0.4 is 9.47 Å². The minimum Gasteiger partial charge on any atom is -0.423 e. The smallest absolute Gasteiger partial charge is 0.346 e. The third-order valence-corrected chi connectivity index (χ3v) is 4.96. The Morgan fingerprint density at radius 2 is 0.895 bits per heavy atom. The van der Waals surface area contributed by atoms with Crippen LogP contribution in [0.2, 0.25) is 0 Å². The number of rotatable bonds is 6. The van der Waals surface area contributed by atoms with E-state index in [-0.39, 0.29) is 29.0 Å². The maximum Gasteiger partial charge on any atom is 0.346 e.